The molecular weight excluding hydrogens is 336 g/mol. The van der Waals surface area contributed by atoms with Crippen molar-refractivity contribution in [3.63, 3.8) is 0 Å². The second-order valence-electron chi connectivity index (χ2n) is 4.45. The van der Waals surface area contributed by atoms with Crippen LogP contribution in [0.3, 0.4) is 0 Å². The Morgan fingerprint density at radius 3 is 1.32 bits per heavy atom. The summed E-state index contributed by atoms with van der Waals surface area (Å²) in [5.41, 5.74) is 0. The molecule has 10 heteroatoms. The van der Waals surface area contributed by atoms with E-state index in [-0.39, 0.29) is 37.6 Å². The van der Waals surface area contributed by atoms with Crippen LogP contribution >= 0.6 is 0 Å². The van der Waals surface area contributed by atoms with E-state index in [0.29, 0.717) is 11.5 Å². The zero-order valence-corrected chi connectivity index (χ0v) is 13.3. The largest absolute Gasteiger partial charge is 0.494 e. The molecule has 1 aromatic carbocycles. The lowest BCUT2D eigenvalue weighted by atomic mass is 10.3. The van der Waals surface area contributed by atoms with Crippen LogP contribution in [0.4, 0.5) is 0 Å². The van der Waals surface area contributed by atoms with E-state index >= 15 is 0 Å². The first-order valence-corrected chi connectivity index (χ1v) is 9.63. The monoisotopic (exact) mass is 354 g/mol. The van der Waals surface area contributed by atoms with Gasteiger partial charge in [-0.3, -0.25) is 9.11 Å². The smallest absolute Gasteiger partial charge is 0.264 e. The summed E-state index contributed by atoms with van der Waals surface area (Å²) in [5.74, 6) is 0.311. The molecule has 0 spiro atoms. The van der Waals surface area contributed by atoms with E-state index in [1.54, 1.807) is 24.3 Å². The minimum Gasteiger partial charge on any atom is -0.494 e. The van der Waals surface area contributed by atoms with Gasteiger partial charge in [0.05, 0.1) is 24.7 Å². The Morgan fingerprint density at radius 1 is 0.727 bits per heavy atom. The van der Waals surface area contributed by atoms with Crippen LogP contribution in [-0.4, -0.2) is 50.7 Å². The highest BCUT2D eigenvalue weighted by molar-refractivity contribution is 7.86. The van der Waals surface area contributed by atoms with Crippen molar-refractivity contribution >= 4 is 20.2 Å². The molecule has 0 amide bonds. The second-order valence-corrected chi connectivity index (χ2v) is 7.59. The van der Waals surface area contributed by atoms with Gasteiger partial charge in [0.15, 0.2) is 0 Å². The molecule has 0 atom stereocenters. The van der Waals surface area contributed by atoms with E-state index in [1.807, 2.05) is 0 Å². The third-order valence-corrected chi connectivity index (χ3v) is 4.06. The Hall–Kier alpha value is -1.36. The number of hydrogen-bond donors (Lipinski definition) is 2. The molecule has 0 aromatic heterocycles. The molecule has 0 aliphatic heterocycles. The topological polar surface area (TPSA) is 127 Å². The summed E-state index contributed by atoms with van der Waals surface area (Å²) in [5, 5.41) is 0. The van der Waals surface area contributed by atoms with Crippen LogP contribution in [0.1, 0.15) is 12.8 Å². The summed E-state index contributed by atoms with van der Waals surface area (Å²) < 4.78 is 69.7. The Labute approximate surface area is 129 Å². The molecule has 22 heavy (non-hydrogen) atoms. The molecule has 0 unspecified atom stereocenters. The van der Waals surface area contributed by atoms with Crippen LogP contribution < -0.4 is 9.47 Å². The fourth-order valence-electron chi connectivity index (χ4n) is 1.49. The van der Waals surface area contributed by atoms with Crippen molar-refractivity contribution in [2.75, 3.05) is 24.7 Å². The quantitative estimate of drug-likeness (QED) is 0.470. The maximum Gasteiger partial charge on any atom is 0.264 e. The normalized spacial score (nSPS) is 12.1. The van der Waals surface area contributed by atoms with Gasteiger partial charge in [0.1, 0.15) is 11.5 Å². The standard InChI is InChI=1S/C12H18O8S2/c13-21(14,15)9-1-7-19-11-3-5-12(6-4-11)20-8-2-10-22(16,17)18/h3-6H,1-2,7-10H2,(H,13,14,15)(H,16,17,18). The molecule has 0 saturated carbocycles. The first-order valence-electron chi connectivity index (χ1n) is 6.42. The Kier molecular flexibility index (Phi) is 7.07. The van der Waals surface area contributed by atoms with Gasteiger partial charge in [-0.1, -0.05) is 0 Å². The molecule has 0 saturated heterocycles. The van der Waals surface area contributed by atoms with Crippen LogP contribution in [0.25, 0.3) is 0 Å². The van der Waals surface area contributed by atoms with Crippen molar-refractivity contribution < 1.29 is 35.4 Å². The number of benzene rings is 1. The second kappa shape index (κ2) is 8.32. The van der Waals surface area contributed by atoms with E-state index in [0.717, 1.165) is 0 Å². The van der Waals surface area contributed by atoms with Crippen molar-refractivity contribution in [2.45, 2.75) is 12.8 Å². The SMILES string of the molecule is O=S(=O)(O)CCCOc1ccc(OCCCS(=O)(=O)O)cc1. The zero-order chi connectivity index (χ0) is 16.6. The maximum absolute atomic E-state index is 10.5. The third-order valence-electron chi connectivity index (χ3n) is 2.45. The van der Waals surface area contributed by atoms with E-state index in [9.17, 15) is 16.8 Å². The van der Waals surface area contributed by atoms with Gasteiger partial charge in [-0.25, -0.2) is 0 Å². The predicted octanol–water partition coefficient (Wildman–Crippen LogP) is 1.00. The lowest BCUT2D eigenvalue weighted by Gasteiger charge is -2.08. The molecule has 0 bridgehead atoms. The van der Waals surface area contributed by atoms with E-state index in [1.165, 1.54) is 0 Å². The van der Waals surface area contributed by atoms with Gasteiger partial charge in [0.2, 0.25) is 0 Å². The Bertz CT molecular complexity index is 590. The summed E-state index contributed by atoms with van der Waals surface area (Å²) in [6.07, 6.45) is 0.347. The summed E-state index contributed by atoms with van der Waals surface area (Å²) >= 11 is 0. The van der Waals surface area contributed by atoms with E-state index < -0.39 is 20.2 Å². The van der Waals surface area contributed by atoms with Gasteiger partial charge < -0.3 is 9.47 Å². The van der Waals surface area contributed by atoms with Gasteiger partial charge in [-0.05, 0) is 37.1 Å². The fourth-order valence-corrected chi connectivity index (χ4v) is 2.46. The van der Waals surface area contributed by atoms with Crippen LogP contribution in [-0.2, 0) is 20.2 Å². The molecular formula is C12H18O8S2. The lowest BCUT2D eigenvalue weighted by molar-refractivity contribution is 0.307. The summed E-state index contributed by atoms with van der Waals surface area (Å²) in [6, 6.07) is 6.47. The molecule has 0 radical (unpaired) electrons. The third kappa shape index (κ3) is 9.55. The maximum atomic E-state index is 10.5. The molecule has 0 aliphatic carbocycles. The van der Waals surface area contributed by atoms with Gasteiger partial charge >= 0.3 is 0 Å². The van der Waals surface area contributed by atoms with Crippen molar-refractivity contribution in [1.82, 2.24) is 0 Å². The Morgan fingerprint density at radius 2 is 1.05 bits per heavy atom. The van der Waals surface area contributed by atoms with Crippen LogP contribution in [0.5, 0.6) is 11.5 Å². The van der Waals surface area contributed by atoms with Crippen molar-refractivity contribution in [1.29, 1.82) is 0 Å². The fraction of sp³-hybridized carbons (Fsp3) is 0.500. The average molecular weight is 354 g/mol. The summed E-state index contributed by atoms with van der Waals surface area (Å²) in [6.45, 7) is 0.294. The highest BCUT2D eigenvalue weighted by Gasteiger charge is 2.05. The minimum absolute atomic E-state index is 0.147. The Balaban J connectivity index is 2.28. The first kappa shape index (κ1) is 18.7. The van der Waals surface area contributed by atoms with E-state index in [4.69, 9.17) is 18.6 Å². The average Bonchev–Trinajstić information content (AvgIpc) is 2.39. The molecule has 0 aliphatic rings. The summed E-state index contributed by atoms with van der Waals surface area (Å²) in [4.78, 5) is 0. The molecule has 1 aromatic rings. The van der Waals surface area contributed by atoms with Crippen LogP contribution in [0, 0.1) is 0 Å². The molecule has 2 N–H and O–H groups in total. The molecule has 1 rings (SSSR count). The van der Waals surface area contributed by atoms with Crippen molar-refractivity contribution in [3.8, 4) is 11.5 Å². The molecule has 126 valence electrons. The molecule has 0 fully saturated rings. The lowest BCUT2D eigenvalue weighted by Crippen LogP contribution is -2.09. The highest BCUT2D eigenvalue weighted by atomic mass is 32.2. The molecule has 0 heterocycles. The zero-order valence-electron chi connectivity index (χ0n) is 11.7. The number of hydrogen-bond acceptors (Lipinski definition) is 6. The van der Waals surface area contributed by atoms with Gasteiger partial charge in [-0.2, -0.15) is 16.8 Å². The van der Waals surface area contributed by atoms with Gasteiger partial charge in [0, 0.05) is 0 Å². The van der Waals surface area contributed by atoms with Crippen molar-refractivity contribution in [3.05, 3.63) is 24.3 Å². The van der Waals surface area contributed by atoms with E-state index in [2.05, 4.69) is 0 Å². The highest BCUT2D eigenvalue weighted by Crippen LogP contribution is 2.18. The predicted molar refractivity (Wildman–Crippen MR) is 79.5 cm³/mol. The van der Waals surface area contributed by atoms with Gasteiger partial charge in [0.25, 0.3) is 20.2 Å². The number of ether oxygens (including phenoxy) is 2. The van der Waals surface area contributed by atoms with Gasteiger partial charge in [-0.15, -0.1) is 0 Å². The van der Waals surface area contributed by atoms with Crippen LogP contribution in [0.2, 0.25) is 0 Å². The van der Waals surface area contributed by atoms with Crippen LogP contribution in [0.15, 0.2) is 24.3 Å². The summed E-state index contributed by atoms with van der Waals surface area (Å²) in [7, 11) is -7.94. The first-order chi connectivity index (χ1) is 10.2. The minimum atomic E-state index is -3.97. The molecule has 8 nitrogen and oxygen atoms in total. The number of rotatable bonds is 10. The van der Waals surface area contributed by atoms with Crippen molar-refractivity contribution in [2.24, 2.45) is 0 Å².